The van der Waals surface area contributed by atoms with Crippen LogP contribution in [0.2, 0.25) is 0 Å². The van der Waals surface area contributed by atoms with Crippen LogP contribution in [0.3, 0.4) is 0 Å². The van der Waals surface area contributed by atoms with Crippen LogP contribution in [-0.2, 0) is 0 Å². The van der Waals surface area contributed by atoms with Crippen molar-refractivity contribution in [3.63, 3.8) is 0 Å². The van der Waals surface area contributed by atoms with E-state index in [9.17, 15) is 14.7 Å². The van der Waals surface area contributed by atoms with Crippen LogP contribution in [0, 0.1) is 0 Å². The van der Waals surface area contributed by atoms with Gasteiger partial charge in [0.25, 0.3) is 0 Å². The van der Waals surface area contributed by atoms with Crippen molar-refractivity contribution >= 4 is 33.5 Å². The second kappa shape index (κ2) is 17.5. The average molecular weight is 508 g/mol. The topological polar surface area (TPSA) is 77.4 Å². The van der Waals surface area contributed by atoms with Gasteiger partial charge in [-0.2, -0.15) is 0 Å². The summed E-state index contributed by atoms with van der Waals surface area (Å²) in [4.78, 5) is 23.2. The van der Waals surface area contributed by atoms with Crippen molar-refractivity contribution in [3.05, 3.63) is 59.7 Å². The number of hydrogen-bond donors (Lipinski definition) is 1. The normalized spacial score (nSPS) is 10.6. The lowest BCUT2D eigenvalue weighted by atomic mass is 10.2. The van der Waals surface area contributed by atoms with Crippen molar-refractivity contribution in [1.82, 2.24) is 0 Å². The number of hydrogen-bond acceptors (Lipinski definition) is 5. The molecule has 0 bridgehead atoms. The Labute approximate surface area is 214 Å². The van der Waals surface area contributed by atoms with E-state index in [2.05, 4.69) is 27.7 Å². The standard InChI is InChI=1S/C14H10O4S2.C12H28N.CH4/c15-13(16)9-5-1-3-7-11(9)19-20-12-8-4-2-6-10(12)14(17)18;1-5-9-13(10-6-2,11-7-3)12-8-4;/h1-8H,(H,15,16)(H,17,18);5-12H2,1-4H3;1H4/q;+1;/p-1. The number of nitrogens with zero attached hydrogens (tertiary/aromatic N) is 1. The molecular formula is C27H41NO4S2. The average Bonchev–Trinajstić information content (AvgIpc) is 2.79. The number of quaternary nitrogens is 1. The molecule has 0 aliphatic carbocycles. The zero-order valence-electron chi connectivity index (χ0n) is 20.2. The zero-order chi connectivity index (χ0) is 24.7. The largest absolute Gasteiger partial charge is 0.545 e. The maximum absolute atomic E-state index is 11.1. The zero-order valence-corrected chi connectivity index (χ0v) is 21.8. The van der Waals surface area contributed by atoms with Crippen molar-refractivity contribution in [3.8, 4) is 0 Å². The summed E-state index contributed by atoms with van der Waals surface area (Å²) in [6, 6.07) is 13.0. The van der Waals surface area contributed by atoms with Crippen LogP contribution in [-0.4, -0.2) is 47.7 Å². The molecule has 0 radical (unpaired) electrons. The fourth-order valence-corrected chi connectivity index (χ4v) is 6.43. The van der Waals surface area contributed by atoms with Gasteiger partial charge in [-0.05, 0) is 43.9 Å². The summed E-state index contributed by atoms with van der Waals surface area (Å²) in [5.74, 6) is -2.26. The van der Waals surface area contributed by atoms with Crippen molar-refractivity contribution in [2.75, 3.05) is 26.2 Å². The van der Waals surface area contributed by atoms with Crippen molar-refractivity contribution < 1.29 is 24.3 Å². The molecule has 0 unspecified atom stereocenters. The number of carbonyl (C=O) groups excluding carboxylic acids is 1. The molecule has 0 aliphatic heterocycles. The van der Waals surface area contributed by atoms with Gasteiger partial charge in [0.2, 0.25) is 0 Å². The Morgan fingerprint density at radius 3 is 1.44 bits per heavy atom. The van der Waals surface area contributed by atoms with Gasteiger partial charge in [0.05, 0.1) is 37.7 Å². The van der Waals surface area contributed by atoms with Crippen LogP contribution in [0.5, 0.6) is 0 Å². The highest BCUT2D eigenvalue weighted by Gasteiger charge is 2.22. The van der Waals surface area contributed by atoms with E-state index in [4.69, 9.17) is 5.11 Å². The van der Waals surface area contributed by atoms with Gasteiger partial charge in [0, 0.05) is 15.4 Å². The first-order chi connectivity index (χ1) is 15.8. The van der Waals surface area contributed by atoms with Gasteiger partial charge in [-0.15, -0.1) is 0 Å². The first-order valence-corrected chi connectivity index (χ1v) is 13.8. The smallest absolute Gasteiger partial charge is 0.336 e. The number of rotatable bonds is 13. The lowest BCUT2D eigenvalue weighted by Crippen LogP contribution is -2.50. The van der Waals surface area contributed by atoms with E-state index in [1.54, 1.807) is 36.4 Å². The SMILES string of the molecule is C.CCC[N+](CCC)(CCC)CCC.O=C([O-])c1ccccc1SSc1ccccc1C(=O)O. The number of benzene rings is 2. The molecule has 190 valence electrons. The molecule has 0 spiro atoms. The van der Waals surface area contributed by atoms with E-state index < -0.39 is 11.9 Å². The van der Waals surface area contributed by atoms with Gasteiger partial charge < -0.3 is 19.5 Å². The van der Waals surface area contributed by atoms with E-state index in [0.717, 1.165) is 0 Å². The number of carbonyl (C=O) groups is 2. The Bertz CT molecular complexity index is 786. The molecule has 7 heteroatoms. The summed E-state index contributed by atoms with van der Waals surface area (Å²) in [5.41, 5.74) is 0.286. The van der Waals surface area contributed by atoms with E-state index in [0.29, 0.717) is 9.79 Å². The van der Waals surface area contributed by atoms with Crippen LogP contribution in [0.4, 0.5) is 0 Å². The predicted molar refractivity (Wildman–Crippen MR) is 144 cm³/mol. The Hall–Kier alpha value is -1.96. The second-order valence-corrected chi connectivity index (χ2v) is 10.2. The quantitative estimate of drug-likeness (QED) is 0.242. The predicted octanol–water partition coefficient (Wildman–Crippen LogP) is 6.63. The van der Waals surface area contributed by atoms with Crippen LogP contribution in [0.25, 0.3) is 0 Å². The highest BCUT2D eigenvalue weighted by molar-refractivity contribution is 8.76. The molecule has 0 aromatic heterocycles. The van der Waals surface area contributed by atoms with Gasteiger partial charge in [-0.25, -0.2) is 4.79 Å². The third-order valence-corrected chi connectivity index (χ3v) is 7.72. The molecule has 0 aliphatic rings. The Kier molecular flexibility index (Phi) is 16.5. The van der Waals surface area contributed by atoms with Gasteiger partial charge in [-0.3, -0.25) is 0 Å². The summed E-state index contributed by atoms with van der Waals surface area (Å²) in [6.07, 6.45) is 5.33. The summed E-state index contributed by atoms with van der Waals surface area (Å²) in [5, 5.41) is 20.1. The maximum Gasteiger partial charge on any atom is 0.336 e. The Morgan fingerprint density at radius 2 is 1.09 bits per heavy atom. The van der Waals surface area contributed by atoms with Gasteiger partial charge in [0.1, 0.15) is 0 Å². The summed E-state index contributed by atoms with van der Waals surface area (Å²) < 4.78 is 1.38. The third-order valence-electron chi connectivity index (χ3n) is 5.24. The van der Waals surface area contributed by atoms with Gasteiger partial charge in [-0.1, -0.05) is 87.0 Å². The molecule has 2 aromatic rings. The van der Waals surface area contributed by atoms with Crippen LogP contribution in [0.15, 0.2) is 58.3 Å². The molecule has 5 nitrogen and oxygen atoms in total. The summed E-state index contributed by atoms with van der Waals surface area (Å²) >= 11 is 0. The van der Waals surface area contributed by atoms with E-state index in [-0.39, 0.29) is 18.6 Å². The van der Waals surface area contributed by atoms with Gasteiger partial charge >= 0.3 is 5.97 Å². The minimum absolute atomic E-state index is 0. The Morgan fingerprint density at radius 1 is 0.735 bits per heavy atom. The molecule has 0 heterocycles. The molecular weight excluding hydrogens is 466 g/mol. The fourth-order valence-electron chi connectivity index (χ4n) is 4.08. The highest BCUT2D eigenvalue weighted by Crippen LogP contribution is 2.40. The molecule has 0 saturated carbocycles. The van der Waals surface area contributed by atoms with Crippen LogP contribution >= 0.6 is 21.6 Å². The van der Waals surface area contributed by atoms with E-state index >= 15 is 0 Å². The van der Waals surface area contributed by atoms with Crippen molar-refractivity contribution in [2.45, 2.75) is 70.6 Å². The number of aromatic carboxylic acids is 2. The second-order valence-electron chi connectivity index (χ2n) is 7.99. The lowest BCUT2D eigenvalue weighted by Gasteiger charge is -2.38. The van der Waals surface area contributed by atoms with Crippen LogP contribution < -0.4 is 5.11 Å². The highest BCUT2D eigenvalue weighted by atomic mass is 33.1. The minimum Gasteiger partial charge on any atom is -0.545 e. The molecule has 2 aromatic carbocycles. The fraction of sp³-hybridized carbons (Fsp3) is 0.481. The monoisotopic (exact) mass is 507 g/mol. The minimum atomic E-state index is -1.25. The van der Waals surface area contributed by atoms with E-state index in [1.807, 2.05) is 0 Å². The van der Waals surface area contributed by atoms with E-state index in [1.165, 1.54) is 90.1 Å². The molecule has 0 saturated heterocycles. The summed E-state index contributed by atoms with van der Waals surface area (Å²) in [6.45, 7) is 14.8. The number of carboxylic acids is 2. The molecule has 34 heavy (non-hydrogen) atoms. The molecule has 2 rings (SSSR count). The number of carboxylic acid groups (broad SMARTS) is 2. The lowest BCUT2D eigenvalue weighted by molar-refractivity contribution is -0.928. The maximum atomic E-state index is 11.1. The Balaban J connectivity index is 0.000000684. The van der Waals surface area contributed by atoms with Crippen LogP contribution in [0.1, 0.15) is 81.5 Å². The molecule has 0 fully saturated rings. The molecule has 0 amide bonds. The third kappa shape index (κ3) is 10.5. The van der Waals surface area contributed by atoms with Crippen molar-refractivity contribution in [1.29, 1.82) is 0 Å². The first-order valence-electron chi connectivity index (χ1n) is 11.7. The van der Waals surface area contributed by atoms with Crippen molar-refractivity contribution in [2.24, 2.45) is 0 Å². The molecule has 0 atom stereocenters. The van der Waals surface area contributed by atoms with Gasteiger partial charge in [0.15, 0.2) is 0 Å². The summed E-state index contributed by atoms with van der Waals surface area (Å²) in [7, 11) is 2.40. The molecule has 1 N–H and O–H groups in total. The first kappa shape index (κ1) is 32.0.